The Bertz CT molecular complexity index is 1280. The minimum atomic E-state index is -0.720. The Balaban J connectivity index is 1.62. The second kappa shape index (κ2) is 9.41. The van der Waals surface area contributed by atoms with Crippen molar-refractivity contribution in [1.82, 2.24) is 9.55 Å². The number of amides is 1. The summed E-state index contributed by atoms with van der Waals surface area (Å²) in [5, 5.41) is 13.5. The highest BCUT2D eigenvalue weighted by atomic mass is 35.5. The number of nitrogens with one attached hydrogen (secondary N) is 1. The van der Waals surface area contributed by atoms with Crippen LogP contribution in [0.1, 0.15) is 50.6 Å². The van der Waals surface area contributed by atoms with E-state index in [1.165, 1.54) is 7.11 Å². The first kappa shape index (κ1) is 23.5. The van der Waals surface area contributed by atoms with Crippen LogP contribution in [0.15, 0.2) is 36.4 Å². The summed E-state index contributed by atoms with van der Waals surface area (Å²) in [7, 11) is 1.40. The quantitative estimate of drug-likeness (QED) is 0.449. The molecule has 1 atom stereocenters. The molecule has 184 valence electrons. The number of anilines is 3. The topological polar surface area (TPSA) is 96.7 Å². The smallest absolute Gasteiger partial charge is 0.414 e. The van der Waals surface area contributed by atoms with Gasteiger partial charge in [-0.25, -0.2) is 9.78 Å². The Morgan fingerprint density at radius 2 is 1.91 bits per heavy atom. The Morgan fingerprint density at radius 1 is 1.14 bits per heavy atom. The number of carboxylic acids is 1. The van der Waals surface area contributed by atoms with Crippen molar-refractivity contribution in [2.45, 2.75) is 57.5 Å². The van der Waals surface area contributed by atoms with E-state index in [1.807, 2.05) is 43.3 Å². The lowest BCUT2D eigenvalue weighted by molar-refractivity contribution is -0.143. The molecular formula is C26H29ClN4O4. The van der Waals surface area contributed by atoms with Crippen LogP contribution in [-0.4, -0.2) is 39.9 Å². The van der Waals surface area contributed by atoms with Gasteiger partial charge in [-0.05, 0) is 75.8 Å². The number of carbonyl (C=O) groups is 2. The number of ether oxygens (including phenoxy) is 1. The van der Waals surface area contributed by atoms with Crippen molar-refractivity contribution >= 4 is 52.0 Å². The fraction of sp³-hybridized carbons (Fsp3) is 0.423. The van der Waals surface area contributed by atoms with Crippen LogP contribution in [-0.2, 0) is 16.0 Å². The van der Waals surface area contributed by atoms with Gasteiger partial charge < -0.3 is 19.7 Å². The Labute approximate surface area is 208 Å². The molecule has 1 amide bonds. The molecule has 1 aliphatic carbocycles. The maximum absolute atomic E-state index is 12.6. The number of methoxy groups -OCH3 is 1. The van der Waals surface area contributed by atoms with Gasteiger partial charge in [0.15, 0.2) is 0 Å². The molecule has 0 saturated heterocycles. The van der Waals surface area contributed by atoms with Crippen molar-refractivity contribution in [2.75, 3.05) is 17.3 Å². The largest absolute Gasteiger partial charge is 0.481 e. The predicted molar refractivity (Wildman–Crippen MR) is 136 cm³/mol. The molecular weight excluding hydrogens is 468 g/mol. The van der Waals surface area contributed by atoms with Crippen LogP contribution in [0.25, 0.3) is 11.0 Å². The van der Waals surface area contributed by atoms with Crippen LogP contribution < -0.4 is 10.2 Å². The number of fused-ring (bicyclic) bond motifs is 3. The summed E-state index contributed by atoms with van der Waals surface area (Å²) in [6, 6.07) is 11.6. The number of halogens is 1. The molecule has 9 heteroatoms. The van der Waals surface area contributed by atoms with Gasteiger partial charge in [0.1, 0.15) is 0 Å². The second-order valence-corrected chi connectivity index (χ2v) is 9.88. The lowest BCUT2D eigenvalue weighted by Crippen LogP contribution is -2.42. The summed E-state index contributed by atoms with van der Waals surface area (Å²) in [5.41, 5.74) is 4.52. The molecule has 0 spiro atoms. The fourth-order valence-electron chi connectivity index (χ4n) is 5.51. The molecule has 2 aromatic carbocycles. The Morgan fingerprint density at radius 3 is 2.60 bits per heavy atom. The molecule has 35 heavy (non-hydrogen) atoms. The summed E-state index contributed by atoms with van der Waals surface area (Å²) < 4.78 is 7.26. The predicted octanol–water partition coefficient (Wildman–Crippen LogP) is 6.16. The van der Waals surface area contributed by atoms with Crippen LogP contribution in [0.2, 0.25) is 5.02 Å². The molecule has 2 aliphatic rings. The van der Waals surface area contributed by atoms with E-state index in [0.29, 0.717) is 23.8 Å². The highest BCUT2D eigenvalue weighted by molar-refractivity contribution is 6.30. The Hall–Kier alpha value is -3.26. The maximum Gasteiger partial charge on any atom is 0.414 e. The SMILES string of the molecule is COC(=O)N1c2ccc3c(nc(Nc4cccc(Cl)c4)n3C3CCC(C(=O)O)CC3)c2CCC1C. The van der Waals surface area contributed by atoms with Crippen LogP contribution in [0.4, 0.5) is 22.1 Å². The summed E-state index contributed by atoms with van der Waals surface area (Å²) >= 11 is 6.22. The number of rotatable bonds is 4. The second-order valence-electron chi connectivity index (χ2n) is 9.44. The molecule has 1 aliphatic heterocycles. The minimum absolute atomic E-state index is 0.0323. The average Bonchev–Trinajstić information content (AvgIpc) is 3.21. The number of hydrogen-bond acceptors (Lipinski definition) is 5. The molecule has 0 radical (unpaired) electrons. The molecule has 2 heterocycles. The van der Waals surface area contributed by atoms with E-state index >= 15 is 0 Å². The molecule has 1 saturated carbocycles. The van der Waals surface area contributed by atoms with Gasteiger partial charge in [-0.15, -0.1) is 0 Å². The summed E-state index contributed by atoms with van der Waals surface area (Å²) in [5.74, 6) is -0.326. The van der Waals surface area contributed by atoms with Gasteiger partial charge in [-0.2, -0.15) is 0 Å². The highest BCUT2D eigenvalue weighted by Crippen LogP contribution is 2.42. The van der Waals surface area contributed by atoms with Gasteiger partial charge in [0.05, 0.1) is 29.7 Å². The number of benzene rings is 2. The van der Waals surface area contributed by atoms with Gasteiger partial charge in [-0.1, -0.05) is 17.7 Å². The van der Waals surface area contributed by atoms with E-state index in [-0.39, 0.29) is 24.1 Å². The normalized spacial score (nSPS) is 22.0. The van der Waals surface area contributed by atoms with Crippen LogP contribution in [0, 0.1) is 5.92 Å². The lowest BCUT2D eigenvalue weighted by atomic mass is 9.86. The van der Waals surface area contributed by atoms with Gasteiger partial charge in [0, 0.05) is 28.4 Å². The average molecular weight is 497 g/mol. The van der Waals surface area contributed by atoms with Gasteiger partial charge in [0.25, 0.3) is 0 Å². The lowest BCUT2D eigenvalue weighted by Gasteiger charge is -2.34. The number of imidazole rings is 1. The molecule has 1 fully saturated rings. The fourth-order valence-corrected chi connectivity index (χ4v) is 5.70. The van der Waals surface area contributed by atoms with Gasteiger partial charge in [0.2, 0.25) is 5.95 Å². The summed E-state index contributed by atoms with van der Waals surface area (Å²) in [6.45, 7) is 2.02. The molecule has 8 nitrogen and oxygen atoms in total. The number of carbonyl (C=O) groups excluding carboxylic acids is 1. The molecule has 2 N–H and O–H groups in total. The molecule has 5 rings (SSSR count). The van der Waals surface area contributed by atoms with Crippen molar-refractivity contribution < 1.29 is 19.4 Å². The molecule has 0 bridgehead atoms. The van der Waals surface area contributed by atoms with Crippen molar-refractivity contribution in [1.29, 1.82) is 0 Å². The number of aryl methyl sites for hydroxylation is 1. The maximum atomic E-state index is 12.6. The third kappa shape index (κ3) is 4.31. The van der Waals surface area contributed by atoms with Crippen LogP contribution in [0.5, 0.6) is 0 Å². The number of nitrogens with zero attached hydrogens (tertiary/aromatic N) is 3. The van der Waals surface area contributed by atoms with Crippen LogP contribution in [0.3, 0.4) is 0 Å². The van der Waals surface area contributed by atoms with Gasteiger partial charge in [-0.3, -0.25) is 9.69 Å². The minimum Gasteiger partial charge on any atom is -0.481 e. The van der Waals surface area contributed by atoms with Crippen molar-refractivity contribution in [3.63, 3.8) is 0 Å². The van der Waals surface area contributed by atoms with E-state index < -0.39 is 5.97 Å². The standard InChI is InChI=1S/C26H29ClN4O4/c1-15-6-11-20-21(30(15)26(34)35-2)12-13-22-23(20)29-25(28-18-5-3-4-17(27)14-18)31(22)19-9-7-16(8-10-19)24(32)33/h3-5,12-16,19H,6-11H2,1-2H3,(H,28,29)(H,32,33). The van der Waals surface area contributed by atoms with Crippen molar-refractivity contribution in [3.8, 4) is 0 Å². The van der Waals surface area contributed by atoms with Crippen molar-refractivity contribution in [3.05, 3.63) is 47.0 Å². The Kier molecular flexibility index (Phi) is 6.32. The number of aromatic nitrogens is 2. The monoisotopic (exact) mass is 496 g/mol. The zero-order valence-electron chi connectivity index (χ0n) is 19.8. The van der Waals surface area contributed by atoms with E-state index in [9.17, 15) is 14.7 Å². The number of hydrogen-bond donors (Lipinski definition) is 2. The first-order valence-corrected chi connectivity index (χ1v) is 12.4. The third-order valence-corrected chi connectivity index (χ3v) is 7.55. The first-order chi connectivity index (χ1) is 16.9. The summed E-state index contributed by atoms with van der Waals surface area (Å²) in [4.78, 5) is 30.8. The van der Waals surface area contributed by atoms with E-state index in [2.05, 4.69) is 9.88 Å². The van der Waals surface area contributed by atoms with Crippen LogP contribution >= 0.6 is 11.6 Å². The number of aliphatic carboxylic acids is 1. The van der Waals surface area contributed by atoms with E-state index in [0.717, 1.165) is 53.7 Å². The third-order valence-electron chi connectivity index (χ3n) is 7.32. The van der Waals surface area contributed by atoms with Gasteiger partial charge >= 0.3 is 12.1 Å². The molecule has 3 aromatic rings. The zero-order chi connectivity index (χ0) is 24.7. The highest BCUT2D eigenvalue weighted by Gasteiger charge is 2.33. The first-order valence-electron chi connectivity index (χ1n) is 12.0. The van der Waals surface area contributed by atoms with E-state index in [1.54, 1.807) is 4.90 Å². The zero-order valence-corrected chi connectivity index (χ0v) is 20.6. The number of carboxylic acid groups (broad SMARTS) is 1. The molecule has 1 unspecified atom stereocenters. The summed E-state index contributed by atoms with van der Waals surface area (Å²) in [6.07, 6.45) is 4.03. The van der Waals surface area contributed by atoms with Crippen molar-refractivity contribution in [2.24, 2.45) is 5.92 Å². The molecule has 1 aromatic heterocycles. The van der Waals surface area contributed by atoms with E-state index in [4.69, 9.17) is 21.3 Å².